The Morgan fingerprint density at radius 1 is 0.852 bits per heavy atom. The first kappa shape index (κ1) is 17.2. The van der Waals surface area contributed by atoms with Crippen molar-refractivity contribution in [1.29, 1.82) is 0 Å². The predicted molar refractivity (Wildman–Crippen MR) is 109 cm³/mol. The Bertz CT molecular complexity index is 939. The second-order valence-electron chi connectivity index (χ2n) is 6.42. The van der Waals surface area contributed by atoms with Crippen molar-refractivity contribution < 1.29 is 9.47 Å². The number of ether oxygens (including phenoxy) is 2. The maximum Gasteiger partial charge on any atom is 0.131 e. The molecular formula is C23H22N2O2. The molecule has 4 nitrogen and oxygen atoms in total. The largest absolute Gasteiger partial charge is 0.497 e. The first-order valence-electron chi connectivity index (χ1n) is 8.99. The highest BCUT2D eigenvalue weighted by atomic mass is 16.5. The molecule has 0 amide bonds. The molecule has 136 valence electrons. The minimum absolute atomic E-state index is 0.149. The van der Waals surface area contributed by atoms with E-state index in [0.717, 1.165) is 34.9 Å². The van der Waals surface area contributed by atoms with Crippen LogP contribution in [0.2, 0.25) is 0 Å². The molecule has 0 bridgehead atoms. The normalized spacial score (nSPS) is 16.1. The topological polar surface area (TPSA) is 34.1 Å². The zero-order chi connectivity index (χ0) is 18.6. The van der Waals surface area contributed by atoms with Gasteiger partial charge >= 0.3 is 0 Å². The van der Waals surface area contributed by atoms with Crippen LogP contribution in [0.5, 0.6) is 11.5 Å². The summed E-state index contributed by atoms with van der Waals surface area (Å²) in [4.78, 5) is 0. The molecule has 27 heavy (non-hydrogen) atoms. The average molecular weight is 358 g/mol. The minimum atomic E-state index is 0.149. The molecule has 1 aliphatic heterocycles. The summed E-state index contributed by atoms with van der Waals surface area (Å²) in [5.74, 6) is 1.54. The molecule has 4 heteroatoms. The highest BCUT2D eigenvalue weighted by molar-refractivity contribution is 6.05. The van der Waals surface area contributed by atoms with E-state index >= 15 is 0 Å². The highest BCUT2D eigenvalue weighted by Gasteiger charge is 2.31. The Balaban J connectivity index is 1.76. The number of rotatable bonds is 5. The van der Waals surface area contributed by atoms with Crippen LogP contribution in [0.1, 0.15) is 23.6 Å². The Labute approximate surface area is 159 Å². The van der Waals surface area contributed by atoms with E-state index in [2.05, 4.69) is 41.4 Å². The van der Waals surface area contributed by atoms with Crippen molar-refractivity contribution in [3.63, 3.8) is 0 Å². The van der Waals surface area contributed by atoms with Gasteiger partial charge < -0.3 is 9.47 Å². The van der Waals surface area contributed by atoms with E-state index in [9.17, 15) is 0 Å². The van der Waals surface area contributed by atoms with Gasteiger partial charge in [-0.2, -0.15) is 5.10 Å². The first-order valence-corrected chi connectivity index (χ1v) is 8.99. The van der Waals surface area contributed by atoms with E-state index < -0.39 is 0 Å². The summed E-state index contributed by atoms with van der Waals surface area (Å²) in [7, 11) is 3.33. The fourth-order valence-electron chi connectivity index (χ4n) is 3.46. The molecule has 0 N–H and O–H groups in total. The fraction of sp³-hybridized carbons (Fsp3) is 0.174. The van der Waals surface area contributed by atoms with Crippen LogP contribution in [0.15, 0.2) is 84.0 Å². The summed E-state index contributed by atoms with van der Waals surface area (Å²) in [6, 6.07) is 26.8. The van der Waals surface area contributed by atoms with E-state index in [-0.39, 0.29) is 6.04 Å². The molecule has 3 aromatic rings. The summed E-state index contributed by atoms with van der Waals surface area (Å²) >= 11 is 0. The third-order valence-corrected chi connectivity index (χ3v) is 4.84. The van der Waals surface area contributed by atoms with Crippen molar-refractivity contribution in [1.82, 2.24) is 0 Å². The standard InChI is InChI=1S/C23H22N2O2/c1-26-19-13-14-20(23(15-19)27-2)21-16-22(17-9-5-3-6-10-17)25(24-21)18-11-7-4-8-12-18/h3-15,22H,16H2,1-2H3/t22-/m1/s1. The van der Waals surface area contributed by atoms with Gasteiger partial charge in [0.25, 0.3) is 0 Å². The van der Waals surface area contributed by atoms with Gasteiger partial charge in [0.1, 0.15) is 11.5 Å². The van der Waals surface area contributed by atoms with E-state index in [4.69, 9.17) is 14.6 Å². The van der Waals surface area contributed by atoms with Gasteiger partial charge in [0.2, 0.25) is 0 Å². The monoisotopic (exact) mass is 358 g/mol. The lowest BCUT2D eigenvalue weighted by molar-refractivity contribution is 0.394. The Kier molecular flexibility index (Phi) is 4.79. The van der Waals surface area contributed by atoms with Gasteiger partial charge in [0.15, 0.2) is 0 Å². The van der Waals surface area contributed by atoms with Crippen LogP contribution in [-0.2, 0) is 0 Å². The number of anilines is 1. The Morgan fingerprint density at radius 3 is 2.22 bits per heavy atom. The van der Waals surface area contributed by atoms with Gasteiger partial charge in [0, 0.05) is 18.1 Å². The molecule has 0 spiro atoms. The van der Waals surface area contributed by atoms with Crippen molar-refractivity contribution in [3.05, 3.63) is 90.0 Å². The van der Waals surface area contributed by atoms with Crippen LogP contribution >= 0.6 is 0 Å². The maximum absolute atomic E-state index is 5.60. The maximum atomic E-state index is 5.60. The van der Waals surface area contributed by atoms with Crippen molar-refractivity contribution in [3.8, 4) is 11.5 Å². The zero-order valence-electron chi connectivity index (χ0n) is 15.5. The number of para-hydroxylation sites is 1. The minimum Gasteiger partial charge on any atom is -0.497 e. The molecule has 0 saturated carbocycles. The summed E-state index contributed by atoms with van der Waals surface area (Å²) in [5, 5.41) is 7.09. The van der Waals surface area contributed by atoms with Crippen molar-refractivity contribution >= 4 is 11.4 Å². The third kappa shape index (κ3) is 3.38. The second kappa shape index (κ2) is 7.54. The number of nitrogens with zero attached hydrogens (tertiary/aromatic N) is 2. The summed E-state index contributed by atoms with van der Waals surface area (Å²) < 4.78 is 10.9. The first-order chi connectivity index (χ1) is 13.3. The summed E-state index contributed by atoms with van der Waals surface area (Å²) in [5.41, 5.74) is 4.33. The van der Waals surface area contributed by atoms with Gasteiger partial charge in [-0.05, 0) is 29.8 Å². The van der Waals surface area contributed by atoms with E-state index in [1.165, 1.54) is 5.56 Å². The number of methoxy groups -OCH3 is 2. The molecule has 0 aliphatic carbocycles. The van der Waals surface area contributed by atoms with Crippen LogP contribution in [0.3, 0.4) is 0 Å². The molecule has 0 fully saturated rings. The molecule has 0 unspecified atom stereocenters. The molecule has 0 radical (unpaired) electrons. The average Bonchev–Trinajstić information content (AvgIpc) is 3.19. The molecular weight excluding hydrogens is 336 g/mol. The Morgan fingerprint density at radius 2 is 1.56 bits per heavy atom. The van der Waals surface area contributed by atoms with E-state index in [1.807, 2.05) is 42.5 Å². The smallest absolute Gasteiger partial charge is 0.131 e. The van der Waals surface area contributed by atoms with Crippen LogP contribution in [0, 0.1) is 0 Å². The van der Waals surface area contributed by atoms with Gasteiger partial charge in [0.05, 0.1) is 31.7 Å². The van der Waals surface area contributed by atoms with E-state index in [1.54, 1.807) is 14.2 Å². The van der Waals surface area contributed by atoms with Crippen molar-refractivity contribution in [2.45, 2.75) is 12.5 Å². The van der Waals surface area contributed by atoms with E-state index in [0.29, 0.717) is 0 Å². The quantitative estimate of drug-likeness (QED) is 0.639. The van der Waals surface area contributed by atoms with Crippen molar-refractivity contribution in [2.24, 2.45) is 5.10 Å². The lowest BCUT2D eigenvalue weighted by atomic mass is 9.97. The van der Waals surface area contributed by atoms with Crippen LogP contribution in [0.4, 0.5) is 5.69 Å². The number of hydrogen-bond acceptors (Lipinski definition) is 4. The van der Waals surface area contributed by atoms with Gasteiger partial charge in [-0.25, -0.2) is 0 Å². The number of hydrogen-bond donors (Lipinski definition) is 0. The Hall–Kier alpha value is -3.27. The van der Waals surface area contributed by atoms with Crippen molar-refractivity contribution in [2.75, 3.05) is 19.2 Å². The lowest BCUT2D eigenvalue weighted by Gasteiger charge is -2.23. The second-order valence-corrected chi connectivity index (χ2v) is 6.42. The van der Waals surface area contributed by atoms with Gasteiger partial charge in [-0.1, -0.05) is 48.5 Å². The summed E-state index contributed by atoms with van der Waals surface area (Å²) in [6.07, 6.45) is 0.807. The molecule has 1 atom stereocenters. The molecule has 0 aromatic heterocycles. The molecule has 1 heterocycles. The van der Waals surface area contributed by atoms with Crippen LogP contribution in [0.25, 0.3) is 0 Å². The third-order valence-electron chi connectivity index (χ3n) is 4.84. The number of benzene rings is 3. The lowest BCUT2D eigenvalue weighted by Crippen LogP contribution is -2.18. The zero-order valence-corrected chi connectivity index (χ0v) is 15.5. The van der Waals surface area contributed by atoms with Gasteiger partial charge in [-0.15, -0.1) is 0 Å². The molecule has 3 aromatic carbocycles. The predicted octanol–water partition coefficient (Wildman–Crippen LogP) is 5.06. The fourth-order valence-corrected chi connectivity index (χ4v) is 3.46. The molecule has 4 rings (SSSR count). The van der Waals surface area contributed by atoms with Crippen LogP contribution in [-0.4, -0.2) is 19.9 Å². The highest BCUT2D eigenvalue weighted by Crippen LogP contribution is 2.38. The SMILES string of the molecule is COc1ccc(C2=NN(c3ccccc3)[C@@H](c3ccccc3)C2)c(OC)c1. The molecule has 0 saturated heterocycles. The molecule has 1 aliphatic rings. The van der Waals surface area contributed by atoms with Crippen LogP contribution < -0.4 is 14.5 Å². The number of hydrazone groups is 1. The van der Waals surface area contributed by atoms with Gasteiger partial charge in [-0.3, -0.25) is 5.01 Å². The summed E-state index contributed by atoms with van der Waals surface area (Å²) in [6.45, 7) is 0.